The second kappa shape index (κ2) is 7.86. The van der Waals surface area contributed by atoms with Gasteiger partial charge in [-0.2, -0.15) is 10.2 Å². The number of anilines is 3. The molecule has 0 bridgehead atoms. The van der Waals surface area contributed by atoms with Crippen molar-refractivity contribution in [3.8, 4) is 6.07 Å². The number of hydrogen-bond donors (Lipinski definition) is 0. The summed E-state index contributed by atoms with van der Waals surface area (Å²) in [5.41, 5.74) is 3.17. The molecule has 0 atom stereocenters. The molecule has 0 N–H and O–H groups in total. The van der Waals surface area contributed by atoms with Crippen LogP contribution >= 0.6 is 0 Å². The van der Waals surface area contributed by atoms with Crippen LogP contribution in [0.5, 0.6) is 0 Å². The summed E-state index contributed by atoms with van der Waals surface area (Å²) in [5.74, 6) is 2.71. The molecule has 3 aliphatic rings. The molecular formula is C22H27N7. The third-order valence-electron chi connectivity index (χ3n) is 6.32. The van der Waals surface area contributed by atoms with Crippen molar-refractivity contribution in [3.63, 3.8) is 0 Å². The van der Waals surface area contributed by atoms with E-state index in [1.54, 1.807) is 0 Å². The minimum absolute atomic E-state index is 0.714. The summed E-state index contributed by atoms with van der Waals surface area (Å²) in [5, 5.41) is 9.66. The van der Waals surface area contributed by atoms with E-state index in [1.807, 2.05) is 12.3 Å². The second-order valence-electron chi connectivity index (χ2n) is 8.17. The summed E-state index contributed by atoms with van der Waals surface area (Å²) in [6, 6.07) is 6.47. The Balaban J connectivity index is 1.31. The molecule has 0 amide bonds. The molecular weight excluding hydrogens is 362 g/mol. The number of aromatic nitrogens is 3. The highest BCUT2D eigenvalue weighted by molar-refractivity contribution is 5.57. The normalized spacial score (nSPS) is 19.2. The van der Waals surface area contributed by atoms with Crippen LogP contribution in [0.2, 0.25) is 0 Å². The highest BCUT2D eigenvalue weighted by atomic mass is 15.3. The van der Waals surface area contributed by atoms with Gasteiger partial charge in [-0.15, -0.1) is 0 Å². The lowest BCUT2D eigenvalue weighted by atomic mass is 9.95. The number of pyridine rings is 1. The smallest absolute Gasteiger partial charge is 0.227 e. The summed E-state index contributed by atoms with van der Waals surface area (Å²) in [6.07, 6.45) is 8.85. The Morgan fingerprint density at radius 2 is 1.59 bits per heavy atom. The highest BCUT2D eigenvalue weighted by Crippen LogP contribution is 2.28. The van der Waals surface area contributed by atoms with Crippen LogP contribution in [0, 0.1) is 11.3 Å². The lowest BCUT2D eigenvalue weighted by Crippen LogP contribution is -2.47. The Morgan fingerprint density at radius 3 is 2.38 bits per heavy atom. The summed E-state index contributed by atoms with van der Waals surface area (Å²) in [4.78, 5) is 21.1. The van der Waals surface area contributed by atoms with Crippen LogP contribution < -0.4 is 14.7 Å². The quantitative estimate of drug-likeness (QED) is 0.799. The van der Waals surface area contributed by atoms with Crippen molar-refractivity contribution in [1.29, 1.82) is 5.26 Å². The first-order chi connectivity index (χ1) is 14.3. The molecule has 7 nitrogen and oxygen atoms in total. The van der Waals surface area contributed by atoms with E-state index >= 15 is 0 Å². The molecule has 2 aromatic heterocycles. The lowest BCUT2D eigenvalue weighted by molar-refractivity contribution is 0.625. The Kier molecular flexibility index (Phi) is 4.92. The number of piperazine rings is 1. The number of nitrogens with zero attached hydrogens (tertiary/aromatic N) is 7. The Bertz CT molecular complexity index is 921. The first-order valence-electron chi connectivity index (χ1n) is 10.8. The van der Waals surface area contributed by atoms with Crippen LogP contribution in [0.15, 0.2) is 18.3 Å². The molecule has 0 saturated carbocycles. The van der Waals surface area contributed by atoms with Crippen molar-refractivity contribution in [2.24, 2.45) is 0 Å². The van der Waals surface area contributed by atoms with Crippen molar-refractivity contribution in [3.05, 3.63) is 35.2 Å². The fraction of sp³-hybridized carbons (Fsp3) is 0.545. The van der Waals surface area contributed by atoms with E-state index in [1.165, 1.54) is 36.9 Å². The maximum absolute atomic E-state index is 9.66. The summed E-state index contributed by atoms with van der Waals surface area (Å²) in [7, 11) is 0. The van der Waals surface area contributed by atoms with Crippen LogP contribution in [0.25, 0.3) is 0 Å². The van der Waals surface area contributed by atoms with E-state index in [-0.39, 0.29) is 0 Å². The molecule has 2 saturated heterocycles. The molecule has 0 unspecified atom stereocenters. The fourth-order valence-electron chi connectivity index (χ4n) is 4.68. The topological polar surface area (TPSA) is 72.2 Å². The highest BCUT2D eigenvalue weighted by Gasteiger charge is 2.25. The molecule has 29 heavy (non-hydrogen) atoms. The number of aryl methyl sites for hydroxylation is 2. The summed E-state index contributed by atoms with van der Waals surface area (Å²) < 4.78 is 0. The van der Waals surface area contributed by atoms with Crippen molar-refractivity contribution in [2.75, 3.05) is 54.0 Å². The maximum atomic E-state index is 9.66. The molecule has 7 heteroatoms. The van der Waals surface area contributed by atoms with Crippen LogP contribution in [0.4, 0.5) is 17.6 Å². The Morgan fingerprint density at radius 1 is 0.828 bits per heavy atom. The standard InChI is InChI=1S/C22H27N7/c23-16-18-15-17-5-1-2-6-19(17)25-21(18)28-11-13-29(14-12-28)22-24-8-7-20(26-22)27-9-3-4-10-27/h7-8,15H,1-6,9-14H2. The first-order valence-corrected chi connectivity index (χ1v) is 10.8. The van der Waals surface area contributed by atoms with Crippen LogP contribution in [-0.2, 0) is 12.8 Å². The summed E-state index contributed by atoms with van der Waals surface area (Å²) in [6.45, 7) is 5.52. The summed E-state index contributed by atoms with van der Waals surface area (Å²) >= 11 is 0. The van der Waals surface area contributed by atoms with Crippen molar-refractivity contribution >= 4 is 17.6 Å². The molecule has 0 radical (unpaired) electrons. The van der Waals surface area contributed by atoms with E-state index in [4.69, 9.17) is 9.97 Å². The van der Waals surface area contributed by atoms with Crippen molar-refractivity contribution < 1.29 is 0 Å². The molecule has 2 fully saturated rings. The average molecular weight is 390 g/mol. The molecule has 0 aromatic carbocycles. The minimum Gasteiger partial charge on any atom is -0.356 e. The van der Waals surface area contributed by atoms with Gasteiger partial charge in [-0.1, -0.05) is 0 Å². The zero-order valence-corrected chi connectivity index (χ0v) is 16.8. The van der Waals surface area contributed by atoms with Gasteiger partial charge in [-0.05, 0) is 56.2 Å². The maximum Gasteiger partial charge on any atom is 0.227 e. The molecule has 4 heterocycles. The van der Waals surface area contributed by atoms with E-state index < -0.39 is 0 Å². The predicted octanol–water partition coefficient (Wildman–Crippen LogP) is 2.55. The number of fused-ring (bicyclic) bond motifs is 1. The monoisotopic (exact) mass is 389 g/mol. The van der Waals surface area contributed by atoms with E-state index in [2.05, 4.69) is 31.8 Å². The van der Waals surface area contributed by atoms with Gasteiger partial charge in [-0.3, -0.25) is 0 Å². The zero-order chi connectivity index (χ0) is 19.6. The van der Waals surface area contributed by atoms with Gasteiger partial charge in [0.1, 0.15) is 17.7 Å². The van der Waals surface area contributed by atoms with Gasteiger partial charge in [0.05, 0.1) is 5.56 Å². The van der Waals surface area contributed by atoms with E-state index in [0.717, 1.165) is 69.7 Å². The number of hydrogen-bond acceptors (Lipinski definition) is 7. The minimum atomic E-state index is 0.714. The Labute approximate surface area is 172 Å². The molecule has 2 aliphatic heterocycles. The van der Waals surface area contributed by atoms with Crippen molar-refractivity contribution in [2.45, 2.75) is 38.5 Å². The predicted molar refractivity (Wildman–Crippen MR) is 113 cm³/mol. The van der Waals surface area contributed by atoms with Gasteiger partial charge >= 0.3 is 0 Å². The van der Waals surface area contributed by atoms with Crippen LogP contribution in [0.3, 0.4) is 0 Å². The molecule has 5 rings (SSSR count). The van der Waals surface area contributed by atoms with Gasteiger partial charge in [-0.25, -0.2) is 9.97 Å². The molecule has 0 spiro atoms. The van der Waals surface area contributed by atoms with Crippen LogP contribution in [-0.4, -0.2) is 54.2 Å². The largest absolute Gasteiger partial charge is 0.356 e. The molecule has 150 valence electrons. The SMILES string of the molecule is N#Cc1cc2c(nc1N1CCN(c3nccc(N4CCCC4)n3)CC1)CCCC2. The van der Waals surface area contributed by atoms with Crippen LogP contribution in [0.1, 0.15) is 42.5 Å². The Hall–Kier alpha value is -2.88. The van der Waals surface area contributed by atoms with Gasteiger partial charge < -0.3 is 14.7 Å². The van der Waals surface area contributed by atoms with Gasteiger partial charge in [0, 0.05) is 51.2 Å². The van der Waals surface area contributed by atoms with E-state index in [9.17, 15) is 5.26 Å². The number of rotatable bonds is 3. The average Bonchev–Trinajstić information content (AvgIpc) is 3.33. The first kappa shape index (κ1) is 18.2. The van der Waals surface area contributed by atoms with Gasteiger partial charge in [0.2, 0.25) is 5.95 Å². The molecule has 1 aliphatic carbocycles. The van der Waals surface area contributed by atoms with Crippen molar-refractivity contribution in [1.82, 2.24) is 15.0 Å². The van der Waals surface area contributed by atoms with Gasteiger partial charge in [0.25, 0.3) is 0 Å². The zero-order valence-electron chi connectivity index (χ0n) is 16.8. The van der Waals surface area contributed by atoms with Gasteiger partial charge in [0.15, 0.2) is 0 Å². The second-order valence-corrected chi connectivity index (χ2v) is 8.17. The van der Waals surface area contributed by atoms with E-state index in [0.29, 0.717) is 5.56 Å². The third kappa shape index (κ3) is 3.59. The fourth-order valence-corrected chi connectivity index (χ4v) is 4.68. The number of nitriles is 1. The molecule has 2 aromatic rings. The third-order valence-corrected chi connectivity index (χ3v) is 6.32. The lowest BCUT2D eigenvalue weighted by Gasteiger charge is -2.36.